The molecule has 3 fully saturated rings. The summed E-state index contributed by atoms with van der Waals surface area (Å²) in [4.78, 5) is 78.5. The van der Waals surface area contributed by atoms with Crippen molar-refractivity contribution < 1.29 is 43.0 Å². The molecule has 0 aliphatic heterocycles. The highest BCUT2D eigenvalue weighted by Crippen LogP contribution is 2.29. The lowest BCUT2D eigenvalue weighted by atomic mass is 9.89. The first-order valence-electron chi connectivity index (χ1n) is 21.2. The van der Waals surface area contributed by atoms with Crippen molar-refractivity contribution in [3.8, 4) is 17.2 Å². The minimum absolute atomic E-state index is 0.106. The number of rotatable bonds is 12. The van der Waals surface area contributed by atoms with E-state index in [9.17, 15) is 28.8 Å². The van der Waals surface area contributed by atoms with Crippen LogP contribution in [-0.2, 0) is 14.4 Å². The summed E-state index contributed by atoms with van der Waals surface area (Å²) in [6, 6.07) is 23.4. The van der Waals surface area contributed by atoms with Gasteiger partial charge in [-0.1, -0.05) is 57.8 Å². The Balaban J connectivity index is 1.04. The molecule has 12 heteroatoms. The second kappa shape index (κ2) is 20.1. The summed E-state index contributed by atoms with van der Waals surface area (Å²) < 4.78 is 16.8. The van der Waals surface area contributed by atoms with Crippen LogP contribution in [0.25, 0.3) is 0 Å². The van der Waals surface area contributed by atoms with E-state index in [1.54, 1.807) is 72.8 Å². The van der Waals surface area contributed by atoms with Gasteiger partial charge in [0.2, 0.25) is 0 Å². The third kappa shape index (κ3) is 11.5. The van der Waals surface area contributed by atoms with Crippen LogP contribution in [0, 0.1) is 17.8 Å². The van der Waals surface area contributed by atoms with Crippen LogP contribution in [0.3, 0.4) is 0 Å². The largest absolute Gasteiger partial charge is 0.426 e. The molecule has 4 aromatic rings. The van der Waals surface area contributed by atoms with Gasteiger partial charge < -0.3 is 30.2 Å². The molecule has 0 saturated heterocycles. The SMILES string of the molecule is O=C(Nc1cc(NC(=O)c2ccc(OC(=O)C3CCCCC3)cc2)cc(C(=O)Nc2ccc(OC(=O)C3CCCCC3)cc2)c1)c1ccc(OC(=O)C2CCCCC2)cc1. The molecular formula is C48H51N3O9. The third-order valence-electron chi connectivity index (χ3n) is 11.5. The molecule has 312 valence electrons. The highest BCUT2D eigenvalue weighted by Gasteiger charge is 2.25. The van der Waals surface area contributed by atoms with Gasteiger partial charge in [0.1, 0.15) is 17.2 Å². The molecular weight excluding hydrogens is 763 g/mol. The zero-order chi connectivity index (χ0) is 41.8. The lowest BCUT2D eigenvalue weighted by Gasteiger charge is -2.19. The number of ether oxygens (including phenoxy) is 3. The molecule has 0 spiro atoms. The number of carbonyl (C=O) groups is 6. The molecule has 3 aliphatic carbocycles. The van der Waals surface area contributed by atoms with Gasteiger partial charge in [-0.3, -0.25) is 28.8 Å². The van der Waals surface area contributed by atoms with Gasteiger partial charge >= 0.3 is 17.9 Å². The summed E-state index contributed by atoms with van der Waals surface area (Å²) in [7, 11) is 0. The molecule has 12 nitrogen and oxygen atoms in total. The number of hydrogen-bond donors (Lipinski definition) is 3. The Labute approximate surface area is 349 Å². The molecule has 3 amide bonds. The summed E-state index contributed by atoms with van der Waals surface area (Å²) in [6.45, 7) is 0. The van der Waals surface area contributed by atoms with Gasteiger partial charge in [0.05, 0.1) is 17.8 Å². The van der Waals surface area contributed by atoms with E-state index < -0.39 is 17.7 Å². The first kappa shape index (κ1) is 41.8. The van der Waals surface area contributed by atoms with Crippen LogP contribution in [-0.4, -0.2) is 35.6 Å². The lowest BCUT2D eigenvalue weighted by Crippen LogP contribution is -2.22. The number of anilines is 3. The first-order valence-corrected chi connectivity index (χ1v) is 21.2. The van der Waals surface area contributed by atoms with E-state index in [0.29, 0.717) is 22.9 Å². The predicted molar refractivity (Wildman–Crippen MR) is 226 cm³/mol. The monoisotopic (exact) mass is 813 g/mol. The Morgan fingerprint density at radius 2 is 0.650 bits per heavy atom. The Hall–Kier alpha value is -6.30. The number of esters is 3. The zero-order valence-electron chi connectivity index (χ0n) is 33.7. The quantitative estimate of drug-likeness (QED) is 0.0932. The van der Waals surface area contributed by atoms with Crippen molar-refractivity contribution in [2.24, 2.45) is 17.8 Å². The zero-order valence-corrected chi connectivity index (χ0v) is 33.7. The van der Waals surface area contributed by atoms with E-state index in [0.717, 1.165) is 96.3 Å². The Morgan fingerprint density at radius 3 is 1.00 bits per heavy atom. The van der Waals surface area contributed by atoms with E-state index in [1.165, 1.54) is 18.2 Å². The van der Waals surface area contributed by atoms with Crippen LogP contribution in [0.4, 0.5) is 17.1 Å². The maximum atomic E-state index is 13.7. The van der Waals surface area contributed by atoms with Gasteiger partial charge in [0.25, 0.3) is 17.7 Å². The van der Waals surface area contributed by atoms with Crippen molar-refractivity contribution in [2.45, 2.75) is 96.3 Å². The smallest absolute Gasteiger partial charge is 0.314 e. The molecule has 3 N–H and O–H groups in total. The van der Waals surface area contributed by atoms with Crippen LogP contribution in [0.15, 0.2) is 91.0 Å². The molecule has 3 saturated carbocycles. The topological polar surface area (TPSA) is 166 Å². The van der Waals surface area contributed by atoms with Crippen molar-refractivity contribution in [3.63, 3.8) is 0 Å². The van der Waals surface area contributed by atoms with Gasteiger partial charge in [0.15, 0.2) is 0 Å². The summed E-state index contributed by atoms with van der Waals surface area (Å²) in [5.74, 6) is -1.57. The number of carbonyl (C=O) groups excluding carboxylic acids is 6. The number of hydrogen-bond acceptors (Lipinski definition) is 9. The predicted octanol–water partition coefficient (Wildman–Crippen LogP) is 9.90. The normalized spacial score (nSPS) is 16.2. The highest BCUT2D eigenvalue weighted by molar-refractivity contribution is 6.10. The minimum Gasteiger partial charge on any atom is -0.426 e. The van der Waals surface area contributed by atoms with Gasteiger partial charge in [0, 0.05) is 33.8 Å². The van der Waals surface area contributed by atoms with Crippen LogP contribution in [0.2, 0.25) is 0 Å². The average molecular weight is 814 g/mol. The van der Waals surface area contributed by atoms with E-state index >= 15 is 0 Å². The van der Waals surface area contributed by atoms with E-state index in [2.05, 4.69) is 16.0 Å². The van der Waals surface area contributed by atoms with E-state index in [-0.39, 0.29) is 63.7 Å². The van der Waals surface area contributed by atoms with Gasteiger partial charge in [-0.25, -0.2) is 0 Å². The standard InChI is InChI=1S/C48H51N3O9/c52-43(31-16-22-40(23-17-31)58-46(55)33-10-4-1-5-11-33)50-38-28-36(45(54)49-37-20-26-42(27-21-37)60-48(57)35-14-8-3-9-15-35)29-39(30-38)51-44(53)32-18-24-41(25-19-32)59-47(56)34-12-6-2-7-13-34/h16-30,33-35H,1-15H2,(H,49,54)(H,50,52)(H,51,53). The second-order valence-corrected chi connectivity index (χ2v) is 16.0. The molecule has 3 aliphatic rings. The van der Waals surface area contributed by atoms with Crippen LogP contribution in [0.5, 0.6) is 17.2 Å². The summed E-state index contributed by atoms with van der Waals surface area (Å²) in [5.41, 5.74) is 1.58. The molecule has 0 atom stereocenters. The minimum atomic E-state index is -0.526. The number of nitrogens with one attached hydrogen (secondary N) is 3. The van der Waals surface area contributed by atoms with Gasteiger partial charge in [-0.15, -0.1) is 0 Å². The fourth-order valence-electron chi connectivity index (χ4n) is 8.08. The number of amides is 3. The van der Waals surface area contributed by atoms with Crippen molar-refractivity contribution in [2.75, 3.05) is 16.0 Å². The average Bonchev–Trinajstić information content (AvgIpc) is 3.28. The van der Waals surface area contributed by atoms with Crippen molar-refractivity contribution in [1.82, 2.24) is 0 Å². The van der Waals surface area contributed by atoms with Crippen LogP contribution < -0.4 is 30.2 Å². The lowest BCUT2D eigenvalue weighted by molar-refractivity contribution is -0.140. The van der Waals surface area contributed by atoms with Crippen LogP contribution in [0.1, 0.15) is 127 Å². The Morgan fingerprint density at radius 1 is 0.350 bits per heavy atom. The van der Waals surface area contributed by atoms with Crippen molar-refractivity contribution in [3.05, 3.63) is 108 Å². The van der Waals surface area contributed by atoms with Gasteiger partial charge in [-0.05, 0) is 130 Å². The molecule has 0 aromatic heterocycles. The maximum absolute atomic E-state index is 13.7. The summed E-state index contributed by atoms with van der Waals surface area (Å²) >= 11 is 0. The summed E-state index contributed by atoms with van der Waals surface area (Å²) in [6.07, 6.45) is 14.3. The molecule has 0 bridgehead atoms. The Kier molecular flexibility index (Phi) is 14.0. The molecule has 4 aromatic carbocycles. The molecule has 60 heavy (non-hydrogen) atoms. The highest BCUT2D eigenvalue weighted by atomic mass is 16.5. The van der Waals surface area contributed by atoms with Crippen LogP contribution >= 0.6 is 0 Å². The first-order chi connectivity index (χ1) is 29.2. The number of benzene rings is 4. The molecule has 0 heterocycles. The second-order valence-electron chi connectivity index (χ2n) is 16.0. The maximum Gasteiger partial charge on any atom is 0.314 e. The molecule has 0 radical (unpaired) electrons. The van der Waals surface area contributed by atoms with E-state index in [1.807, 2.05) is 0 Å². The van der Waals surface area contributed by atoms with Gasteiger partial charge in [-0.2, -0.15) is 0 Å². The van der Waals surface area contributed by atoms with E-state index in [4.69, 9.17) is 14.2 Å². The van der Waals surface area contributed by atoms with Crippen molar-refractivity contribution in [1.29, 1.82) is 0 Å². The molecule has 0 unspecified atom stereocenters. The summed E-state index contributed by atoms with van der Waals surface area (Å²) in [5, 5.41) is 8.46. The fourth-order valence-corrected chi connectivity index (χ4v) is 8.08. The third-order valence-corrected chi connectivity index (χ3v) is 11.5. The molecule has 7 rings (SSSR count). The van der Waals surface area contributed by atoms with Crippen molar-refractivity contribution >= 4 is 52.7 Å². The fraction of sp³-hybridized carbons (Fsp3) is 0.375. The Bertz CT molecular complexity index is 2060.